The van der Waals surface area contributed by atoms with Gasteiger partial charge in [-0.15, -0.1) is 0 Å². The van der Waals surface area contributed by atoms with E-state index >= 15 is 0 Å². The molecule has 0 N–H and O–H groups in total. The van der Waals surface area contributed by atoms with Gasteiger partial charge in [0.25, 0.3) is 0 Å². The lowest BCUT2D eigenvalue weighted by Gasteiger charge is -2.18. The first-order valence-electron chi connectivity index (χ1n) is 11.4. The maximum atomic E-state index is 12.8. The van der Waals surface area contributed by atoms with Crippen molar-refractivity contribution in [2.24, 2.45) is 11.8 Å². The van der Waals surface area contributed by atoms with Gasteiger partial charge in [0.15, 0.2) is 0 Å². The predicted molar refractivity (Wildman–Crippen MR) is 118 cm³/mol. The molecule has 1 rings (SSSR count). The number of benzene rings is 1. The van der Waals surface area contributed by atoms with Gasteiger partial charge in [0.1, 0.15) is 0 Å². The summed E-state index contributed by atoms with van der Waals surface area (Å²) < 4.78 is 11.2. The smallest absolute Gasteiger partial charge is 0.339 e. The summed E-state index contributed by atoms with van der Waals surface area (Å²) in [5.74, 6) is -0.137. The lowest BCUT2D eigenvalue weighted by Crippen LogP contribution is -2.20. The van der Waals surface area contributed by atoms with E-state index in [4.69, 9.17) is 9.47 Å². The molecule has 0 aliphatic heterocycles. The molecule has 4 heteroatoms. The van der Waals surface area contributed by atoms with Gasteiger partial charge in [-0.3, -0.25) is 0 Å². The number of carbonyl (C=O) groups excluding carboxylic acids is 2. The van der Waals surface area contributed by atoms with Gasteiger partial charge in [-0.1, -0.05) is 78.4 Å². The van der Waals surface area contributed by atoms with Crippen LogP contribution in [-0.4, -0.2) is 25.2 Å². The minimum absolute atomic E-state index is 0.307. The van der Waals surface area contributed by atoms with E-state index in [0.29, 0.717) is 36.2 Å². The van der Waals surface area contributed by atoms with Gasteiger partial charge in [-0.05, 0) is 43.2 Å². The Bertz CT molecular complexity index is 623. The second-order valence-corrected chi connectivity index (χ2v) is 8.03. The van der Waals surface area contributed by atoms with Crippen LogP contribution in [0.1, 0.15) is 105 Å². The fourth-order valence-corrected chi connectivity index (χ4v) is 3.44. The maximum absolute atomic E-state index is 12.8. The molecule has 0 aliphatic carbocycles. The van der Waals surface area contributed by atoms with E-state index < -0.39 is 11.9 Å². The molecule has 0 heterocycles. The van der Waals surface area contributed by atoms with Crippen LogP contribution in [0.2, 0.25) is 0 Å². The summed E-state index contributed by atoms with van der Waals surface area (Å²) >= 11 is 0. The van der Waals surface area contributed by atoms with Gasteiger partial charge in [-0.25, -0.2) is 9.59 Å². The Kier molecular flexibility index (Phi) is 12.3. The molecule has 0 spiro atoms. The van der Waals surface area contributed by atoms with Crippen LogP contribution in [0.25, 0.3) is 0 Å². The van der Waals surface area contributed by atoms with Crippen molar-refractivity contribution in [1.82, 2.24) is 0 Å². The molecule has 0 amide bonds. The largest absolute Gasteiger partial charge is 0.462 e. The van der Waals surface area contributed by atoms with Crippen LogP contribution < -0.4 is 0 Å². The normalized spacial score (nSPS) is 13.0. The Labute approximate surface area is 177 Å². The highest BCUT2D eigenvalue weighted by Crippen LogP contribution is 2.20. The van der Waals surface area contributed by atoms with Crippen molar-refractivity contribution in [2.75, 3.05) is 13.2 Å². The van der Waals surface area contributed by atoms with Crippen LogP contribution in [0.3, 0.4) is 0 Å². The van der Waals surface area contributed by atoms with Crippen LogP contribution >= 0.6 is 0 Å². The summed E-state index contributed by atoms with van der Waals surface area (Å²) in [5, 5.41) is 0. The van der Waals surface area contributed by atoms with E-state index in [1.807, 2.05) is 13.0 Å². The number of esters is 2. The summed E-state index contributed by atoms with van der Waals surface area (Å²) in [6, 6.07) is 5.28. The summed E-state index contributed by atoms with van der Waals surface area (Å²) in [7, 11) is 0. The highest BCUT2D eigenvalue weighted by atomic mass is 16.5. The molecular weight excluding hydrogens is 364 g/mol. The van der Waals surface area contributed by atoms with E-state index in [1.54, 1.807) is 12.1 Å². The first-order chi connectivity index (χ1) is 14.0. The molecule has 4 nitrogen and oxygen atoms in total. The van der Waals surface area contributed by atoms with Crippen molar-refractivity contribution in [3.63, 3.8) is 0 Å². The molecule has 0 saturated heterocycles. The van der Waals surface area contributed by atoms with Crippen molar-refractivity contribution in [1.29, 1.82) is 0 Å². The summed E-state index contributed by atoms with van der Waals surface area (Å²) in [5.41, 5.74) is 1.38. The summed E-state index contributed by atoms with van der Waals surface area (Å²) in [6.07, 6.45) is 8.60. The first-order valence-corrected chi connectivity index (χ1v) is 11.4. The van der Waals surface area contributed by atoms with Crippen LogP contribution in [0, 0.1) is 18.8 Å². The summed E-state index contributed by atoms with van der Waals surface area (Å²) in [6.45, 7) is 11.2. The van der Waals surface area contributed by atoms with Crippen molar-refractivity contribution in [2.45, 2.75) is 86.0 Å². The number of hydrogen-bond acceptors (Lipinski definition) is 4. The number of aryl methyl sites for hydroxylation is 1. The molecule has 1 aromatic rings. The number of carbonyl (C=O) groups is 2. The predicted octanol–water partition coefficient (Wildman–Crippen LogP) is 6.74. The van der Waals surface area contributed by atoms with Crippen molar-refractivity contribution < 1.29 is 19.1 Å². The van der Waals surface area contributed by atoms with Gasteiger partial charge >= 0.3 is 11.9 Å². The molecule has 0 fully saturated rings. The van der Waals surface area contributed by atoms with Crippen LogP contribution in [-0.2, 0) is 9.47 Å². The zero-order valence-electron chi connectivity index (χ0n) is 19.1. The molecule has 0 aliphatic rings. The third-order valence-corrected chi connectivity index (χ3v) is 5.68. The van der Waals surface area contributed by atoms with E-state index in [9.17, 15) is 9.59 Å². The van der Waals surface area contributed by atoms with Crippen molar-refractivity contribution in [3.8, 4) is 0 Å². The molecule has 0 radical (unpaired) electrons. The third kappa shape index (κ3) is 8.59. The standard InChI is InChI=1S/C25H40O4/c1-6-10-14-20(8-3)17-28-24(26)22-16-12-13-19(5)23(22)25(27)29-18-21(9-4)15-11-7-2/h12-13,16,20-21H,6-11,14-15,17-18H2,1-5H3. The van der Waals surface area contributed by atoms with E-state index in [-0.39, 0.29) is 0 Å². The first kappa shape index (κ1) is 25.2. The molecule has 0 saturated carbocycles. The number of rotatable bonds is 14. The van der Waals surface area contributed by atoms with Gasteiger partial charge in [0.2, 0.25) is 0 Å². The van der Waals surface area contributed by atoms with Crippen molar-refractivity contribution in [3.05, 3.63) is 34.9 Å². The number of unbranched alkanes of at least 4 members (excludes halogenated alkanes) is 2. The van der Waals surface area contributed by atoms with Crippen LogP contribution in [0.4, 0.5) is 0 Å². The average Bonchev–Trinajstić information content (AvgIpc) is 2.73. The molecule has 0 aromatic heterocycles. The Hall–Kier alpha value is -1.84. The fraction of sp³-hybridized carbons (Fsp3) is 0.680. The quantitative estimate of drug-likeness (QED) is 0.322. The molecular formula is C25H40O4. The summed E-state index contributed by atoms with van der Waals surface area (Å²) in [4.78, 5) is 25.5. The van der Waals surface area contributed by atoms with E-state index in [0.717, 1.165) is 56.9 Å². The Morgan fingerprint density at radius 2 is 1.34 bits per heavy atom. The molecule has 29 heavy (non-hydrogen) atoms. The highest BCUT2D eigenvalue weighted by Gasteiger charge is 2.23. The Morgan fingerprint density at radius 3 is 1.83 bits per heavy atom. The topological polar surface area (TPSA) is 52.6 Å². The Balaban J connectivity index is 2.81. The molecule has 0 bridgehead atoms. The van der Waals surface area contributed by atoms with E-state index in [2.05, 4.69) is 27.7 Å². The lowest BCUT2D eigenvalue weighted by molar-refractivity contribution is 0.0381. The van der Waals surface area contributed by atoms with Crippen LogP contribution in [0.15, 0.2) is 18.2 Å². The monoisotopic (exact) mass is 404 g/mol. The lowest BCUT2D eigenvalue weighted by atomic mass is 9.99. The number of ether oxygens (including phenoxy) is 2. The third-order valence-electron chi connectivity index (χ3n) is 5.68. The fourth-order valence-electron chi connectivity index (χ4n) is 3.44. The highest BCUT2D eigenvalue weighted by molar-refractivity contribution is 6.04. The molecule has 164 valence electrons. The molecule has 2 unspecified atom stereocenters. The second-order valence-electron chi connectivity index (χ2n) is 8.03. The second kappa shape index (κ2) is 14.2. The molecule has 1 aromatic carbocycles. The SMILES string of the molecule is CCCCC(CC)COC(=O)c1cccc(C)c1C(=O)OCC(CC)CCCC. The molecule has 2 atom stereocenters. The minimum Gasteiger partial charge on any atom is -0.462 e. The zero-order valence-corrected chi connectivity index (χ0v) is 19.1. The van der Waals surface area contributed by atoms with Gasteiger partial charge in [0.05, 0.1) is 24.3 Å². The number of hydrogen-bond donors (Lipinski definition) is 0. The van der Waals surface area contributed by atoms with Gasteiger partial charge < -0.3 is 9.47 Å². The average molecular weight is 405 g/mol. The minimum atomic E-state index is -0.436. The van der Waals surface area contributed by atoms with E-state index in [1.165, 1.54) is 0 Å². The van der Waals surface area contributed by atoms with Gasteiger partial charge in [0, 0.05) is 0 Å². The zero-order chi connectivity index (χ0) is 21.6. The van der Waals surface area contributed by atoms with Crippen molar-refractivity contribution >= 4 is 11.9 Å². The maximum Gasteiger partial charge on any atom is 0.339 e. The van der Waals surface area contributed by atoms with Crippen LogP contribution in [0.5, 0.6) is 0 Å². The Morgan fingerprint density at radius 1 is 0.828 bits per heavy atom. The van der Waals surface area contributed by atoms with Gasteiger partial charge in [-0.2, -0.15) is 0 Å².